The summed E-state index contributed by atoms with van der Waals surface area (Å²) in [6.45, 7) is 2.71. The number of carbonyl (C=O) groups is 1. The Balaban J connectivity index is 2.17. The Labute approximate surface area is 123 Å². The molecule has 5 heteroatoms. The van der Waals surface area contributed by atoms with Crippen molar-refractivity contribution in [3.8, 4) is 5.75 Å². The molecule has 1 unspecified atom stereocenters. The molecule has 1 aromatic carbocycles. The standard InChI is InChI=1S/C16H19NO4/c1-3-9-20-12-6-4-5-11(10-12)15(17)13-7-8-14(21-13)16(18)19-2/h4-8,10,15H,3,9,17H2,1-2H3. The van der Waals surface area contributed by atoms with Crippen molar-refractivity contribution in [1.29, 1.82) is 0 Å². The third-order valence-corrected chi connectivity index (χ3v) is 3.01. The van der Waals surface area contributed by atoms with Crippen molar-refractivity contribution in [1.82, 2.24) is 0 Å². The Kier molecular flexibility index (Phi) is 5.00. The van der Waals surface area contributed by atoms with Gasteiger partial charge >= 0.3 is 5.97 Å². The van der Waals surface area contributed by atoms with Gasteiger partial charge in [0.05, 0.1) is 19.8 Å². The number of nitrogens with two attached hydrogens (primary N) is 1. The molecule has 2 rings (SSSR count). The Morgan fingerprint density at radius 3 is 2.86 bits per heavy atom. The van der Waals surface area contributed by atoms with E-state index >= 15 is 0 Å². The number of hydrogen-bond acceptors (Lipinski definition) is 5. The number of benzene rings is 1. The summed E-state index contributed by atoms with van der Waals surface area (Å²) < 4.78 is 15.6. The maximum Gasteiger partial charge on any atom is 0.373 e. The van der Waals surface area contributed by atoms with Gasteiger partial charge in [-0.1, -0.05) is 19.1 Å². The van der Waals surface area contributed by atoms with Crippen LogP contribution in [0.4, 0.5) is 0 Å². The number of esters is 1. The maximum absolute atomic E-state index is 11.4. The van der Waals surface area contributed by atoms with Crippen molar-refractivity contribution in [3.05, 3.63) is 53.5 Å². The molecular weight excluding hydrogens is 270 g/mol. The lowest BCUT2D eigenvalue weighted by atomic mass is 10.1. The van der Waals surface area contributed by atoms with Gasteiger partial charge in [-0.15, -0.1) is 0 Å². The summed E-state index contributed by atoms with van der Waals surface area (Å²) >= 11 is 0. The molecule has 0 aliphatic carbocycles. The molecule has 0 saturated heterocycles. The minimum atomic E-state index is -0.520. The fraction of sp³-hybridized carbons (Fsp3) is 0.312. The van der Waals surface area contributed by atoms with Crippen LogP contribution in [0.2, 0.25) is 0 Å². The van der Waals surface area contributed by atoms with Crippen molar-refractivity contribution >= 4 is 5.97 Å². The molecule has 2 aromatic rings. The smallest absolute Gasteiger partial charge is 0.373 e. The van der Waals surface area contributed by atoms with Gasteiger partial charge in [0.2, 0.25) is 5.76 Å². The van der Waals surface area contributed by atoms with Gasteiger partial charge in [-0.3, -0.25) is 0 Å². The quantitative estimate of drug-likeness (QED) is 0.828. The van der Waals surface area contributed by atoms with Crippen molar-refractivity contribution in [2.24, 2.45) is 5.73 Å². The van der Waals surface area contributed by atoms with Gasteiger partial charge in [0, 0.05) is 0 Å². The van der Waals surface area contributed by atoms with Crippen molar-refractivity contribution < 1.29 is 18.7 Å². The Hall–Kier alpha value is -2.27. The molecule has 0 fully saturated rings. The van der Waals surface area contributed by atoms with E-state index < -0.39 is 12.0 Å². The summed E-state index contributed by atoms with van der Waals surface area (Å²) in [6.07, 6.45) is 0.941. The topological polar surface area (TPSA) is 74.7 Å². The number of hydrogen-bond donors (Lipinski definition) is 1. The molecule has 1 atom stereocenters. The lowest BCUT2D eigenvalue weighted by Gasteiger charge is -2.11. The molecule has 0 spiro atoms. The average molecular weight is 289 g/mol. The highest BCUT2D eigenvalue weighted by Gasteiger charge is 2.17. The van der Waals surface area contributed by atoms with Crippen LogP contribution in [0.3, 0.4) is 0 Å². The highest BCUT2D eigenvalue weighted by molar-refractivity contribution is 5.86. The third-order valence-electron chi connectivity index (χ3n) is 3.01. The summed E-state index contributed by atoms with van der Waals surface area (Å²) in [4.78, 5) is 11.4. The van der Waals surface area contributed by atoms with Gasteiger partial charge in [-0.25, -0.2) is 4.79 Å². The molecule has 21 heavy (non-hydrogen) atoms. The first-order chi connectivity index (χ1) is 10.2. The molecule has 0 saturated carbocycles. The van der Waals surface area contributed by atoms with Crippen LogP contribution in [0, 0.1) is 0 Å². The van der Waals surface area contributed by atoms with E-state index in [1.54, 1.807) is 12.1 Å². The highest BCUT2D eigenvalue weighted by atomic mass is 16.5. The average Bonchev–Trinajstić information content (AvgIpc) is 3.01. The van der Waals surface area contributed by atoms with E-state index in [-0.39, 0.29) is 5.76 Å². The molecule has 0 aliphatic heterocycles. The van der Waals surface area contributed by atoms with Crippen LogP contribution < -0.4 is 10.5 Å². The van der Waals surface area contributed by atoms with Crippen LogP contribution in [-0.2, 0) is 4.74 Å². The van der Waals surface area contributed by atoms with E-state index in [9.17, 15) is 4.79 Å². The van der Waals surface area contributed by atoms with Crippen LogP contribution in [0.1, 0.15) is 41.3 Å². The van der Waals surface area contributed by atoms with Gasteiger partial charge in [-0.2, -0.15) is 0 Å². The van der Waals surface area contributed by atoms with Gasteiger partial charge in [0.15, 0.2) is 0 Å². The van der Waals surface area contributed by atoms with Gasteiger partial charge in [0.1, 0.15) is 11.5 Å². The normalized spacial score (nSPS) is 12.0. The third kappa shape index (κ3) is 3.64. The van der Waals surface area contributed by atoms with E-state index in [0.29, 0.717) is 12.4 Å². The van der Waals surface area contributed by atoms with E-state index in [1.807, 2.05) is 31.2 Å². The fourth-order valence-electron chi connectivity index (χ4n) is 1.91. The molecule has 5 nitrogen and oxygen atoms in total. The monoisotopic (exact) mass is 289 g/mol. The van der Waals surface area contributed by atoms with Crippen LogP contribution >= 0.6 is 0 Å². The second-order valence-corrected chi connectivity index (χ2v) is 4.59. The van der Waals surface area contributed by atoms with E-state index in [2.05, 4.69) is 4.74 Å². The van der Waals surface area contributed by atoms with Crippen molar-refractivity contribution in [2.45, 2.75) is 19.4 Å². The Bertz CT molecular complexity index is 606. The molecule has 2 N–H and O–H groups in total. The first-order valence-electron chi connectivity index (χ1n) is 6.82. The Morgan fingerprint density at radius 2 is 2.14 bits per heavy atom. The first kappa shape index (κ1) is 15.1. The number of carbonyl (C=O) groups excluding carboxylic acids is 1. The molecule has 0 radical (unpaired) electrons. The number of methoxy groups -OCH3 is 1. The first-order valence-corrected chi connectivity index (χ1v) is 6.82. The number of ether oxygens (including phenoxy) is 2. The Morgan fingerprint density at radius 1 is 1.33 bits per heavy atom. The van der Waals surface area contributed by atoms with Gasteiger partial charge in [0.25, 0.3) is 0 Å². The van der Waals surface area contributed by atoms with Crippen LogP contribution in [0.25, 0.3) is 0 Å². The zero-order valence-corrected chi connectivity index (χ0v) is 12.2. The lowest BCUT2D eigenvalue weighted by molar-refractivity contribution is 0.0562. The molecule has 0 bridgehead atoms. The number of rotatable bonds is 6. The highest BCUT2D eigenvalue weighted by Crippen LogP contribution is 2.25. The maximum atomic E-state index is 11.4. The zero-order chi connectivity index (χ0) is 15.2. The molecule has 1 heterocycles. The molecule has 1 aromatic heterocycles. The molecular formula is C16H19NO4. The largest absolute Gasteiger partial charge is 0.494 e. The van der Waals surface area contributed by atoms with E-state index in [4.69, 9.17) is 14.9 Å². The second-order valence-electron chi connectivity index (χ2n) is 4.59. The minimum absolute atomic E-state index is 0.140. The minimum Gasteiger partial charge on any atom is -0.494 e. The van der Waals surface area contributed by atoms with Crippen molar-refractivity contribution in [3.63, 3.8) is 0 Å². The summed E-state index contributed by atoms with van der Waals surface area (Å²) in [5.41, 5.74) is 7.02. The summed E-state index contributed by atoms with van der Waals surface area (Å²) in [7, 11) is 1.30. The summed E-state index contributed by atoms with van der Waals surface area (Å²) in [5, 5.41) is 0. The van der Waals surface area contributed by atoms with E-state index in [0.717, 1.165) is 17.7 Å². The van der Waals surface area contributed by atoms with Crippen LogP contribution in [-0.4, -0.2) is 19.7 Å². The summed E-state index contributed by atoms with van der Waals surface area (Å²) in [6, 6.07) is 10.3. The van der Waals surface area contributed by atoms with Gasteiger partial charge in [-0.05, 0) is 36.2 Å². The van der Waals surface area contributed by atoms with E-state index in [1.165, 1.54) is 7.11 Å². The predicted molar refractivity (Wildman–Crippen MR) is 78.3 cm³/mol. The number of furan rings is 1. The van der Waals surface area contributed by atoms with Crippen molar-refractivity contribution in [2.75, 3.05) is 13.7 Å². The lowest BCUT2D eigenvalue weighted by Crippen LogP contribution is -2.11. The van der Waals surface area contributed by atoms with Gasteiger partial charge < -0.3 is 19.6 Å². The zero-order valence-electron chi connectivity index (χ0n) is 12.2. The second kappa shape index (κ2) is 6.95. The molecule has 0 amide bonds. The predicted octanol–water partition coefficient (Wildman–Crippen LogP) is 2.90. The van der Waals surface area contributed by atoms with Crippen LogP contribution in [0.5, 0.6) is 5.75 Å². The fourth-order valence-corrected chi connectivity index (χ4v) is 1.91. The molecule has 0 aliphatic rings. The van der Waals surface area contributed by atoms with Crippen LogP contribution in [0.15, 0.2) is 40.8 Å². The molecule has 112 valence electrons. The SMILES string of the molecule is CCCOc1cccc(C(N)c2ccc(C(=O)OC)o2)c1. The summed E-state index contributed by atoms with van der Waals surface area (Å²) in [5.74, 6) is 0.891.